The van der Waals surface area contributed by atoms with Crippen molar-refractivity contribution in [3.63, 3.8) is 0 Å². The highest BCUT2D eigenvalue weighted by Gasteiger charge is 2.48. The van der Waals surface area contributed by atoms with Crippen LogP contribution in [0.5, 0.6) is 0 Å². The van der Waals surface area contributed by atoms with Crippen LogP contribution in [-0.4, -0.2) is 18.4 Å². The Bertz CT molecular complexity index is 521. The molecule has 19 heavy (non-hydrogen) atoms. The fraction of sp³-hybridized carbons (Fsp3) is 0.429. The van der Waals surface area contributed by atoms with Gasteiger partial charge < -0.3 is 16.4 Å². The first kappa shape index (κ1) is 13.5. The molecule has 4 N–H and O–H groups in total. The van der Waals surface area contributed by atoms with E-state index < -0.39 is 0 Å². The molecule has 0 radical (unpaired) electrons. The minimum absolute atomic E-state index is 0.0123. The number of aryl methyl sites for hydroxylation is 1. The summed E-state index contributed by atoms with van der Waals surface area (Å²) in [6, 6.07) is 5.41. The molecule has 1 fully saturated rings. The van der Waals surface area contributed by atoms with Crippen LogP contribution in [0, 0.1) is 12.3 Å². The van der Waals surface area contributed by atoms with Crippen molar-refractivity contribution in [2.75, 3.05) is 17.2 Å². The minimum atomic E-state index is -0.357. The van der Waals surface area contributed by atoms with Crippen LogP contribution in [0.2, 0.25) is 0 Å². The second kappa shape index (κ2) is 5.01. The summed E-state index contributed by atoms with van der Waals surface area (Å²) >= 11 is 0. The minimum Gasteiger partial charge on any atom is -0.329 e. The predicted molar refractivity (Wildman–Crippen MR) is 74.8 cm³/mol. The molecule has 0 aliphatic heterocycles. The van der Waals surface area contributed by atoms with E-state index in [2.05, 4.69) is 10.6 Å². The van der Waals surface area contributed by atoms with E-state index in [4.69, 9.17) is 5.73 Å². The highest BCUT2D eigenvalue weighted by molar-refractivity contribution is 5.98. The molecule has 0 saturated heterocycles. The zero-order chi connectivity index (χ0) is 14.0. The number of hydrogen-bond donors (Lipinski definition) is 3. The van der Waals surface area contributed by atoms with Crippen LogP contribution in [0.25, 0.3) is 0 Å². The highest BCUT2D eigenvalue weighted by atomic mass is 16.2. The van der Waals surface area contributed by atoms with Crippen molar-refractivity contribution in [3.8, 4) is 0 Å². The number of hydrogen-bond acceptors (Lipinski definition) is 3. The van der Waals surface area contributed by atoms with Gasteiger partial charge in [0.25, 0.3) is 0 Å². The van der Waals surface area contributed by atoms with E-state index in [1.807, 2.05) is 13.0 Å². The average molecular weight is 261 g/mol. The first-order valence-electron chi connectivity index (χ1n) is 6.37. The van der Waals surface area contributed by atoms with Crippen molar-refractivity contribution in [2.45, 2.75) is 26.7 Å². The van der Waals surface area contributed by atoms with Gasteiger partial charge in [0, 0.05) is 24.8 Å². The standard InChI is InChI=1S/C14H19N3O2/c1-9-7-11(3-4-12(9)16-10(2)18)17-13(19)14(8-15)5-6-14/h3-4,7H,5-6,8,15H2,1-2H3,(H,16,18)(H,17,19). The van der Waals surface area contributed by atoms with Gasteiger partial charge in [-0.2, -0.15) is 0 Å². The number of rotatable bonds is 4. The third-order valence-electron chi connectivity index (χ3n) is 3.52. The van der Waals surface area contributed by atoms with Crippen LogP contribution in [0.4, 0.5) is 11.4 Å². The van der Waals surface area contributed by atoms with Crippen molar-refractivity contribution in [3.05, 3.63) is 23.8 Å². The molecule has 1 aromatic carbocycles. The number of carbonyl (C=O) groups is 2. The molecule has 2 rings (SSSR count). The summed E-state index contributed by atoms with van der Waals surface area (Å²) in [5.41, 5.74) is 7.66. The molecule has 5 heteroatoms. The predicted octanol–water partition coefficient (Wildman–Crippen LogP) is 1.63. The molecular formula is C14H19N3O2. The molecule has 2 amide bonds. The lowest BCUT2D eigenvalue weighted by atomic mass is 10.1. The number of anilines is 2. The van der Waals surface area contributed by atoms with Gasteiger partial charge in [0.15, 0.2) is 0 Å². The Morgan fingerprint density at radius 3 is 2.47 bits per heavy atom. The monoisotopic (exact) mass is 261 g/mol. The molecule has 1 saturated carbocycles. The van der Waals surface area contributed by atoms with E-state index in [0.717, 1.165) is 29.8 Å². The van der Waals surface area contributed by atoms with Gasteiger partial charge in [0.2, 0.25) is 11.8 Å². The lowest BCUT2D eigenvalue weighted by molar-refractivity contribution is -0.120. The van der Waals surface area contributed by atoms with Crippen molar-refractivity contribution >= 4 is 23.2 Å². The maximum atomic E-state index is 12.0. The van der Waals surface area contributed by atoms with Crippen molar-refractivity contribution in [1.29, 1.82) is 0 Å². The number of benzene rings is 1. The zero-order valence-corrected chi connectivity index (χ0v) is 11.2. The Labute approximate surface area is 112 Å². The smallest absolute Gasteiger partial charge is 0.231 e. The van der Waals surface area contributed by atoms with Crippen LogP contribution < -0.4 is 16.4 Å². The number of carbonyl (C=O) groups excluding carboxylic acids is 2. The van der Waals surface area contributed by atoms with Crippen molar-refractivity contribution in [2.24, 2.45) is 11.1 Å². The Morgan fingerprint density at radius 2 is 2.00 bits per heavy atom. The van der Waals surface area contributed by atoms with E-state index >= 15 is 0 Å². The Balaban J connectivity index is 2.08. The SMILES string of the molecule is CC(=O)Nc1ccc(NC(=O)C2(CN)CC2)cc1C. The van der Waals surface area contributed by atoms with Gasteiger partial charge in [-0.3, -0.25) is 9.59 Å². The van der Waals surface area contributed by atoms with Gasteiger partial charge in [0.1, 0.15) is 0 Å². The maximum Gasteiger partial charge on any atom is 0.231 e. The molecular weight excluding hydrogens is 242 g/mol. The first-order chi connectivity index (χ1) is 8.97. The second-order valence-corrected chi connectivity index (χ2v) is 5.15. The van der Waals surface area contributed by atoms with Gasteiger partial charge in [-0.05, 0) is 43.5 Å². The van der Waals surface area contributed by atoms with Gasteiger partial charge >= 0.3 is 0 Å². The number of nitrogens with one attached hydrogen (secondary N) is 2. The van der Waals surface area contributed by atoms with Crippen molar-refractivity contribution in [1.82, 2.24) is 0 Å². The van der Waals surface area contributed by atoms with Gasteiger partial charge in [-0.15, -0.1) is 0 Å². The molecule has 1 aliphatic carbocycles. The molecule has 0 aromatic heterocycles. The molecule has 0 bridgehead atoms. The quantitative estimate of drug-likeness (QED) is 0.770. The van der Waals surface area contributed by atoms with E-state index in [0.29, 0.717) is 6.54 Å². The molecule has 5 nitrogen and oxygen atoms in total. The van der Waals surface area contributed by atoms with Gasteiger partial charge in [-0.1, -0.05) is 0 Å². The van der Waals surface area contributed by atoms with E-state index in [1.54, 1.807) is 12.1 Å². The molecule has 0 unspecified atom stereocenters. The molecule has 0 atom stereocenters. The molecule has 1 aliphatic rings. The zero-order valence-electron chi connectivity index (χ0n) is 11.2. The summed E-state index contributed by atoms with van der Waals surface area (Å²) in [4.78, 5) is 23.1. The lowest BCUT2D eigenvalue weighted by Gasteiger charge is -2.14. The molecule has 102 valence electrons. The van der Waals surface area contributed by atoms with Crippen LogP contribution in [-0.2, 0) is 9.59 Å². The van der Waals surface area contributed by atoms with Crippen LogP contribution in [0.15, 0.2) is 18.2 Å². The summed E-state index contributed by atoms with van der Waals surface area (Å²) in [5.74, 6) is -0.123. The lowest BCUT2D eigenvalue weighted by Crippen LogP contribution is -2.30. The third kappa shape index (κ3) is 2.93. The van der Waals surface area contributed by atoms with Crippen LogP contribution >= 0.6 is 0 Å². The summed E-state index contributed by atoms with van der Waals surface area (Å²) in [5, 5.41) is 5.62. The van der Waals surface area contributed by atoms with E-state index in [-0.39, 0.29) is 17.2 Å². The topological polar surface area (TPSA) is 84.2 Å². The average Bonchev–Trinajstić information content (AvgIpc) is 3.13. The number of nitrogens with two attached hydrogens (primary N) is 1. The van der Waals surface area contributed by atoms with E-state index in [1.165, 1.54) is 6.92 Å². The summed E-state index contributed by atoms with van der Waals surface area (Å²) in [6.07, 6.45) is 1.72. The van der Waals surface area contributed by atoms with Gasteiger partial charge in [0.05, 0.1) is 5.41 Å². The third-order valence-corrected chi connectivity index (χ3v) is 3.52. The van der Waals surface area contributed by atoms with Crippen LogP contribution in [0.3, 0.4) is 0 Å². The fourth-order valence-corrected chi connectivity index (χ4v) is 2.01. The highest BCUT2D eigenvalue weighted by Crippen LogP contribution is 2.45. The molecule has 1 aromatic rings. The summed E-state index contributed by atoms with van der Waals surface area (Å²) in [6.45, 7) is 3.74. The second-order valence-electron chi connectivity index (χ2n) is 5.15. The summed E-state index contributed by atoms with van der Waals surface area (Å²) < 4.78 is 0. The maximum absolute atomic E-state index is 12.0. The number of amides is 2. The fourth-order valence-electron chi connectivity index (χ4n) is 2.01. The largest absolute Gasteiger partial charge is 0.329 e. The normalized spacial score (nSPS) is 15.7. The Hall–Kier alpha value is -1.88. The van der Waals surface area contributed by atoms with Crippen molar-refractivity contribution < 1.29 is 9.59 Å². The van der Waals surface area contributed by atoms with E-state index in [9.17, 15) is 9.59 Å². The first-order valence-corrected chi connectivity index (χ1v) is 6.37. The van der Waals surface area contributed by atoms with Crippen LogP contribution in [0.1, 0.15) is 25.3 Å². The summed E-state index contributed by atoms with van der Waals surface area (Å²) in [7, 11) is 0. The Kier molecular flexibility index (Phi) is 3.57. The molecule has 0 spiro atoms. The van der Waals surface area contributed by atoms with Gasteiger partial charge in [-0.25, -0.2) is 0 Å². The Morgan fingerprint density at radius 1 is 1.32 bits per heavy atom. The molecule has 0 heterocycles.